The summed E-state index contributed by atoms with van der Waals surface area (Å²) in [5.41, 5.74) is 1.99. The molecule has 1 fully saturated rings. The molecule has 0 unspecified atom stereocenters. The van der Waals surface area contributed by atoms with Crippen molar-refractivity contribution in [2.75, 3.05) is 26.2 Å². The van der Waals surface area contributed by atoms with Crippen molar-refractivity contribution in [2.45, 2.75) is 13.0 Å². The maximum Gasteiger partial charge on any atom is 0.0991 e. The van der Waals surface area contributed by atoms with Gasteiger partial charge in [-0.1, -0.05) is 12.1 Å². The highest BCUT2D eigenvalue weighted by molar-refractivity contribution is 8.93. The standard InChI is InChI=1S/C13H17N3.BrH/c14-10-12-3-1-4-13(9-12)11-16-7-2-5-15-6-8-16;/h1,3-4,9,15H,2,5-8,11H2;1H. The number of benzene rings is 1. The average molecular weight is 296 g/mol. The number of nitrogens with one attached hydrogen (secondary N) is 1. The van der Waals surface area contributed by atoms with E-state index in [9.17, 15) is 0 Å². The molecule has 0 aliphatic carbocycles. The van der Waals surface area contributed by atoms with Gasteiger partial charge < -0.3 is 5.32 Å². The first-order chi connectivity index (χ1) is 7.88. The van der Waals surface area contributed by atoms with Crippen LogP contribution in [-0.2, 0) is 6.54 Å². The minimum absolute atomic E-state index is 0. The van der Waals surface area contributed by atoms with Crippen LogP contribution in [0.5, 0.6) is 0 Å². The normalized spacial score (nSPS) is 16.6. The van der Waals surface area contributed by atoms with E-state index < -0.39 is 0 Å². The second-order valence-electron chi connectivity index (χ2n) is 4.19. The fraction of sp³-hybridized carbons (Fsp3) is 0.462. The molecule has 17 heavy (non-hydrogen) atoms. The summed E-state index contributed by atoms with van der Waals surface area (Å²) in [6.07, 6.45) is 1.21. The molecule has 0 bridgehead atoms. The second kappa shape index (κ2) is 7.44. The van der Waals surface area contributed by atoms with Gasteiger partial charge in [0.05, 0.1) is 11.6 Å². The van der Waals surface area contributed by atoms with Crippen LogP contribution in [0.25, 0.3) is 0 Å². The lowest BCUT2D eigenvalue weighted by molar-refractivity contribution is 0.284. The van der Waals surface area contributed by atoms with Crippen molar-refractivity contribution in [3.8, 4) is 6.07 Å². The van der Waals surface area contributed by atoms with Gasteiger partial charge in [-0.3, -0.25) is 4.90 Å². The van der Waals surface area contributed by atoms with E-state index in [0.717, 1.165) is 38.3 Å². The number of hydrogen-bond acceptors (Lipinski definition) is 3. The van der Waals surface area contributed by atoms with Gasteiger partial charge >= 0.3 is 0 Å². The summed E-state index contributed by atoms with van der Waals surface area (Å²) < 4.78 is 0. The number of halogens is 1. The number of hydrogen-bond donors (Lipinski definition) is 1. The minimum Gasteiger partial charge on any atom is -0.315 e. The number of nitriles is 1. The fourth-order valence-electron chi connectivity index (χ4n) is 2.06. The third-order valence-corrected chi connectivity index (χ3v) is 2.89. The summed E-state index contributed by atoms with van der Waals surface area (Å²) in [4.78, 5) is 2.44. The molecule has 0 atom stereocenters. The maximum absolute atomic E-state index is 8.84. The molecule has 1 saturated heterocycles. The van der Waals surface area contributed by atoms with E-state index in [4.69, 9.17) is 5.26 Å². The Bertz CT molecular complexity index is 378. The van der Waals surface area contributed by atoms with Crippen molar-refractivity contribution in [3.05, 3.63) is 35.4 Å². The number of rotatable bonds is 2. The lowest BCUT2D eigenvalue weighted by Gasteiger charge is -2.19. The Kier molecular flexibility index (Phi) is 6.20. The van der Waals surface area contributed by atoms with E-state index in [1.807, 2.05) is 18.2 Å². The van der Waals surface area contributed by atoms with E-state index in [1.54, 1.807) is 0 Å². The zero-order chi connectivity index (χ0) is 11.2. The third-order valence-electron chi connectivity index (χ3n) is 2.89. The molecular formula is C13H18BrN3. The zero-order valence-corrected chi connectivity index (χ0v) is 11.6. The van der Waals surface area contributed by atoms with Gasteiger partial charge in [-0.15, -0.1) is 17.0 Å². The molecule has 1 aliphatic heterocycles. The highest BCUT2D eigenvalue weighted by Gasteiger charge is 2.08. The van der Waals surface area contributed by atoms with Gasteiger partial charge in [-0.2, -0.15) is 5.26 Å². The lowest BCUT2D eigenvalue weighted by Crippen LogP contribution is -2.27. The van der Waals surface area contributed by atoms with E-state index in [1.165, 1.54) is 12.0 Å². The molecule has 92 valence electrons. The van der Waals surface area contributed by atoms with E-state index in [2.05, 4.69) is 22.4 Å². The van der Waals surface area contributed by atoms with Gasteiger partial charge in [0.25, 0.3) is 0 Å². The smallest absolute Gasteiger partial charge is 0.0991 e. The Morgan fingerprint density at radius 1 is 1.29 bits per heavy atom. The Labute approximate surface area is 113 Å². The van der Waals surface area contributed by atoms with E-state index in [-0.39, 0.29) is 17.0 Å². The molecule has 1 heterocycles. The lowest BCUT2D eigenvalue weighted by atomic mass is 10.1. The van der Waals surface area contributed by atoms with Crippen LogP contribution in [-0.4, -0.2) is 31.1 Å². The van der Waals surface area contributed by atoms with Crippen molar-refractivity contribution < 1.29 is 0 Å². The van der Waals surface area contributed by atoms with Crippen molar-refractivity contribution in [2.24, 2.45) is 0 Å². The summed E-state index contributed by atoms with van der Waals surface area (Å²) in [5, 5.41) is 12.2. The predicted octanol–water partition coefficient (Wildman–Crippen LogP) is 1.93. The van der Waals surface area contributed by atoms with Crippen LogP contribution in [0.15, 0.2) is 24.3 Å². The molecule has 0 saturated carbocycles. The van der Waals surface area contributed by atoms with Crippen molar-refractivity contribution in [3.63, 3.8) is 0 Å². The largest absolute Gasteiger partial charge is 0.315 e. The van der Waals surface area contributed by atoms with E-state index in [0.29, 0.717) is 0 Å². The van der Waals surface area contributed by atoms with Gasteiger partial charge in [0.15, 0.2) is 0 Å². The topological polar surface area (TPSA) is 39.1 Å². The molecule has 0 spiro atoms. The molecule has 0 radical (unpaired) electrons. The Balaban J connectivity index is 0.00000144. The molecule has 3 nitrogen and oxygen atoms in total. The second-order valence-corrected chi connectivity index (χ2v) is 4.19. The molecule has 1 aromatic rings. The molecule has 0 aromatic heterocycles. The summed E-state index contributed by atoms with van der Waals surface area (Å²) in [6.45, 7) is 5.38. The average Bonchev–Trinajstić information content (AvgIpc) is 2.58. The monoisotopic (exact) mass is 295 g/mol. The SMILES string of the molecule is Br.N#Cc1cccc(CN2CCCNCC2)c1. The van der Waals surface area contributed by atoms with Crippen molar-refractivity contribution >= 4 is 17.0 Å². The third kappa shape index (κ3) is 4.47. The Morgan fingerprint density at radius 2 is 2.18 bits per heavy atom. The van der Waals surface area contributed by atoms with Crippen LogP contribution >= 0.6 is 17.0 Å². The molecule has 4 heteroatoms. The predicted molar refractivity (Wildman–Crippen MR) is 74.2 cm³/mol. The zero-order valence-electron chi connectivity index (χ0n) is 9.85. The van der Waals surface area contributed by atoms with Gasteiger partial charge in [-0.05, 0) is 37.2 Å². The molecule has 0 amide bonds. The van der Waals surface area contributed by atoms with Crippen LogP contribution in [0.3, 0.4) is 0 Å². The van der Waals surface area contributed by atoms with E-state index >= 15 is 0 Å². The quantitative estimate of drug-likeness (QED) is 0.906. The summed E-state index contributed by atoms with van der Waals surface area (Å²) in [6, 6.07) is 10.1. The Hall–Kier alpha value is -0.890. The highest BCUT2D eigenvalue weighted by Crippen LogP contribution is 2.08. The summed E-state index contributed by atoms with van der Waals surface area (Å²) in [7, 11) is 0. The van der Waals surface area contributed by atoms with Crippen molar-refractivity contribution in [1.29, 1.82) is 5.26 Å². The first-order valence-corrected chi connectivity index (χ1v) is 5.80. The summed E-state index contributed by atoms with van der Waals surface area (Å²) >= 11 is 0. The molecule has 1 N–H and O–H groups in total. The molecule has 1 aromatic carbocycles. The van der Waals surface area contributed by atoms with Gasteiger partial charge in [0, 0.05) is 19.6 Å². The Morgan fingerprint density at radius 3 is 3.00 bits per heavy atom. The van der Waals surface area contributed by atoms with Gasteiger partial charge in [-0.25, -0.2) is 0 Å². The van der Waals surface area contributed by atoms with Crippen LogP contribution in [0.2, 0.25) is 0 Å². The van der Waals surface area contributed by atoms with Crippen LogP contribution in [0.4, 0.5) is 0 Å². The van der Waals surface area contributed by atoms with Crippen LogP contribution in [0, 0.1) is 11.3 Å². The molecule has 2 rings (SSSR count). The molecular weight excluding hydrogens is 278 g/mol. The summed E-state index contributed by atoms with van der Waals surface area (Å²) in [5.74, 6) is 0. The minimum atomic E-state index is 0. The first kappa shape index (κ1) is 14.2. The van der Waals surface area contributed by atoms with Crippen LogP contribution in [0.1, 0.15) is 17.5 Å². The van der Waals surface area contributed by atoms with Crippen molar-refractivity contribution in [1.82, 2.24) is 10.2 Å². The first-order valence-electron chi connectivity index (χ1n) is 5.80. The van der Waals surface area contributed by atoms with Crippen LogP contribution < -0.4 is 5.32 Å². The highest BCUT2D eigenvalue weighted by atomic mass is 79.9. The maximum atomic E-state index is 8.84. The molecule has 1 aliphatic rings. The van der Waals surface area contributed by atoms with Gasteiger partial charge in [0.2, 0.25) is 0 Å². The fourth-order valence-corrected chi connectivity index (χ4v) is 2.06. The number of nitrogens with zero attached hydrogens (tertiary/aromatic N) is 2. The van der Waals surface area contributed by atoms with Gasteiger partial charge in [0.1, 0.15) is 0 Å².